The zero-order valence-electron chi connectivity index (χ0n) is 11.1. The molecule has 0 aliphatic carbocycles. The summed E-state index contributed by atoms with van der Waals surface area (Å²) in [6.07, 6.45) is 1.62. The van der Waals surface area contributed by atoms with Gasteiger partial charge in [0, 0.05) is 23.5 Å². The van der Waals surface area contributed by atoms with Crippen LogP contribution in [0.5, 0.6) is 17.2 Å². The quantitative estimate of drug-likeness (QED) is 0.896. The standard InChI is InChI=1S/C15H17NO3/c1-3-18-13-6-4-5-7-14(13)19-15-8-11(2)16-9-12(15)10-17/h4-9,17H,3,10H2,1-2H3. The molecule has 0 saturated carbocycles. The molecule has 0 fully saturated rings. The van der Waals surface area contributed by atoms with Gasteiger partial charge < -0.3 is 14.6 Å². The van der Waals surface area contributed by atoms with Gasteiger partial charge in [-0.3, -0.25) is 4.98 Å². The highest BCUT2D eigenvalue weighted by Gasteiger charge is 2.09. The number of pyridine rings is 1. The second-order valence-corrected chi connectivity index (χ2v) is 4.07. The Morgan fingerprint density at radius 2 is 1.89 bits per heavy atom. The van der Waals surface area contributed by atoms with Crippen molar-refractivity contribution in [3.63, 3.8) is 0 Å². The zero-order valence-corrected chi connectivity index (χ0v) is 11.1. The maximum atomic E-state index is 9.31. The van der Waals surface area contributed by atoms with Crippen molar-refractivity contribution < 1.29 is 14.6 Å². The first-order valence-electron chi connectivity index (χ1n) is 6.20. The van der Waals surface area contributed by atoms with E-state index in [1.165, 1.54) is 0 Å². The molecule has 0 atom stereocenters. The number of hydrogen-bond acceptors (Lipinski definition) is 4. The lowest BCUT2D eigenvalue weighted by molar-refractivity contribution is 0.274. The van der Waals surface area contributed by atoms with Gasteiger partial charge in [-0.2, -0.15) is 0 Å². The van der Waals surface area contributed by atoms with Crippen LogP contribution in [0.1, 0.15) is 18.2 Å². The van der Waals surface area contributed by atoms with Gasteiger partial charge in [-0.15, -0.1) is 0 Å². The molecule has 4 heteroatoms. The van der Waals surface area contributed by atoms with Gasteiger partial charge in [0.15, 0.2) is 11.5 Å². The molecule has 0 spiro atoms. The Balaban J connectivity index is 2.33. The first-order chi connectivity index (χ1) is 9.24. The maximum absolute atomic E-state index is 9.31. The molecule has 1 N–H and O–H groups in total. The van der Waals surface area contributed by atoms with E-state index in [1.54, 1.807) is 12.3 Å². The van der Waals surface area contributed by atoms with Gasteiger partial charge in [0.1, 0.15) is 5.75 Å². The molecule has 4 nitrogen and oxygen atoms in total. The highest BCUT2D eigenvalue weighted by molar-refractivity contribution is 5.44. The van der Waals surface area contributed by atoms with E-state index in [-0.39, 0.29) is 6.61 Å². The lowest BCUT2D eigenvalue weighted by Gasteiger charge is -2.13. The average molecular weight is 259 g/mol. The van der Waals surface area contributed by atoms with E-state index >= 15 is 0 Å². The SMILES string of the molecule is CCOc1ccccc1Oc1cc(C)ncc1CO. The molecule has 2 rings (SSSR count). The number of aliphatic hydroxyl groups is 1. The lowest BCUT2D eigenvalue weighted by Crippen LogP contribution is -1.98. The van der Waals surface area contributed by atoms with Crippen LogP contribution in [0.3, 0.4) is 0 Å². The largest absolute Gasteiger partial charge is 0.490 e. The molecule has 0 unspecified atom stereocenters. The Morgan fingerprint density at radius 1 is 1.16 bits per heavy atom. The third-order valence-electron chi connectivity index (χ3n) is 2.62. The van der Waals surface area contributed by atoms with Crippen molar-refractivity contribution in [1.82, 2.24) is 4.98 Å². The first kappa shape index (κ1) is 13.4. The topological polar surface area (TPSA) is 51.6 Å². The predicted molar refractivity (Wildman–Crippen MR) is 72.6 cm³/mol. The van der Waals surface area contributed by atoms with Gasteiger partial charge in [-0.05, 0) is 26.0 Å². The smallest absolute Gasteiger partial charge is 0.169 e. The second kappa shape index (κ2) is 6.20. The van der Waals surface area contributed by atoms with Crippen molar-refractivity contribution >= 4 is 0 Å². The normalized spacial score (nSPS) is 10.3. The van der Waals surface area contributed by atoms with Gasteiger partial charge >= 0.3 is 0 Å². The van der Waals surface area contributed by atoms with E-state index in [1.807, 2.05) is 38.1 Å². The first-order valence-corrected chi connectivity index (χ1v) is 6.20. The fraction of sp³-hybridized carbons (Fsp3) is 0.267. The molecule has 1 heterocycles. The highest BCUT2D eigenvalue weighted by Crippen LogP contribution is 2.33. The van der Waals surface area contributed by atoms with E-state index in [2.05, 4.69) is 4.98 Å². The van der Waals surface area contributed by atoms with Gasteiger partial charge in [0.2, 0.25) is 0 Å². The summed E-state index contributed by atoms with van der Waals surface area (Å²) in [7, 11) is 0. The van der Waals surface area contributed by atoms with E-state index in [0.29, 0.717) is 29.4 Å². The van der Waals surface area contributed by atoms with Crippen LogP contribution in [0.25, 0.3) is 0 Å². The van der Waals surface area contributed by atoms with Crippen LogP contribution in [0, 0.1) is 6.92 Å². The predicted octanol–water partition coefficient (Wildman–Crippen LogP) is 3.07. The fourth-order valence-electron chi connectivity index (χ4n) is 1.70. The van der Waals surface area contributed by atoms with Crippen LogP contribution in [0.4, 0.5) is 0 Å². The van der Waals surface area contributed by atoms with E-state index in [9.17, 15) is 5.11 Å². The Morgan fingerprint density at radius 3 is 2.58 bits per heavy atom. The van der Waals surface area contributed by atoms with Gasteiger partial charge in [-0.1, -0.05) is 12.1 Å². The molecule has 0 aliphatic rings. The molecular formula is C15H17NO3. The van der Waals surface area contributed by atoms with Gasteiger partial charge in [-0.25, -0.2) is 0 Å². The third kappa shape index (κ3) is 3.23. The summed E-state index contributed by atoms with van der Waals surface area (Å²) < 4.78 is 11.3. The second-order valence-electron chi connectivity index (χ2n) is 4.07. The minimum atomic E-state index is -0.112. The van der Waals surface area contributed by atoms with Crippen molar-refractivity contribution in [2.75, 3.05) is 6.61 Å². The van der Waals surface area contributed by atoms with Crippen LogP contribution in [0.2, 0.25) is 0 Å². The van der Waals surface area contributed by atoms with Crippen LogP contribution >= 0.6 is 0 Å². The summed E-state index contributed by atoms with van der Waals surface area (Å²) in [5, 5.41) is 9.31. The minimum Gasteiger partial charge on any atom is -0.490 e. The summed E-state index contributed by atoms with van der Waals surface area (Å²) in [6.45, 7) is 4.26. The summed E-state index contributed by atoms with van der Waals surface area (Å²) in [6, 6.07) is 9.26. The number of aryl methyl sites for hydroxylation is 1. The number of aromatic nitrogens is 1. The monoisotopic (exact) mass is 259 g/mol. The minimum absolute atomic E-state index is 0.112. The number of para-hydroxylation sites is 2. The molecule has 0 aliphatic heterocycles. The maximum Gasteiger partial charge on any atom is 0.169 e. The number of ether oxygens (including phenoxy) is 2. The number of aliphatic hydroxyl groups excluding tert-OH is 1. The van der Waals surface area contributed by atoms with E-state index in [0.717, 1.165) is 5.69 Å². The number of hydrogen-bond donors (Lipinski definition) is 1. The molecule has 1 aromatic heterocycles. The van der Waals surface area contributed by atoms with Crippen LogP contribution in [-0.4, -0.2) is 16.7 Å². The summed E-state index contributed by atoms with van der Waals surface area (Å²) >= 11 is 0. The molecule has 0 saturated heterocycles. The van der Waals surface area contributed by atoms with E-state index in [4.69, 9.17) is 9.47 Å². The molecule has 2 aromatic rings. The zero-order chi connectivity index (χ0) is 13.7. The van der Waals surface area contributed by atoms with Crippen molar-refractivity contribution in [3.05, 3.63) is 47.8 Å². The Labute approximate surface area is 112 Å². The molecule has 100 valence electrons. The van der Waals surface area contributed by atoms with E-state index < -0.39 is 0 Å². The molecule has 0 radical (unpaired) electrons. The van der Waals surface area contributed by atoms with Crippen LogP contribution < -0.4 is 9.47 Å². The number of rotatable bonds is 5. The molecule has 0 bridgehead atoms. The lowest BCUT2D eigenvalue weighted by atomic mass is 10.2. The Bertz CT molecular complexity index is 555. The summed E-state index contributed by atoms with van der Waals surface area (Å²) in [5.41, 5.74) is 1.48. The summed E-state index contributed by atoms with van der Waals surface area (Å²) in [5.74, 6) is 1.91. The fourth-order valence-corrected chi connectivity index (χ4v) is 1.70. The summed E-state index contributed by atoms with van der Waals surface area (Å²) in [4.78, 5) is 4.14. The van der Waals surface area contributed by atoms with Crippen molar-refractivity contribution in [2.24, 2.45) is 0 Å². The van der Waals surface area contributed by atoms with Crippen molar-refractivity contribution in [1.29, 1.82) is 0 Å². The Kier molecular flexibility index (Phi) is 4.36. The molecular weight excluding hydrogens is 242 g/mol. The number of nitrogens with zero attached hydrogens (tertiary/aromatic N) is 1. The van der Waals surface area contributed by atoms with Crippen molar-refractivity contribution in [2.45, 2.75) is 20.5 Å². The van der Waals surface area contributed by atoms with Gasteiger partial charge in [0.25, 0.3) is 0 Å². The van der Waals surface area contributed by atoms with Crippen molar-refractivity contribution in [3.8, 4) is 17.2 Å². The highest BCUT2D eigenvalue weighted by atomic mass is 16.5. The average Bonchev–Trinajstić information content (AvgIpc) is 2.42. The molecule has 19 heavy (non-hydrogen) atoms. The third-order valence-corrected chi connectivity index (χ3v) is 2.62. The number of benzene rings is 1. The van der Waals surface area contributed by atoms with Crippen LogP contribution in [-0.2, 0) is 6.61 Å². The Hall–Kier alpha value is -2.07. The van der Waals surface area contributed by atoms with Crippen LogP contribution in [0.15, 0.2) is 36.5 Å². The molecule has 0 amide bonds. The molecule has 1 aromatic carbocycles. The van der Waals surface area contributed by atoms with Gasteiger partial charge in [0.05, 0.1) is 13.2 Å².